The maximum atomic E-state index is 12.3. The van der Waals surface area contributed by atoms with Crippen molar-refractivity contribution in [1.29, 1.82) is 0 Å². The molecule has 28 heavy (non-hydrogen) atoms. The molecule has 0 spiro atoms. The molecule has 2 aromatic heterocycles. The van der Waals surface area contributed by atoms with E-state index in [0.717, 1.165) is 10.1 Å². The van der Waals surface area contributed by atoms with E-state index in [-0.39, 0.29) is 17.2 Å². The van der Waals surface area contributed by atoms with Crippen molar-refractivity contribution in [1.82, 2.24) is 24.0 Å². The monoisotopic (exact) mass is 403 g/mol. The molecule has 1 aromatic carbocycles. The van der Waals surface area contributed by atoms with Crippen LogP contribution in [0.1, 0.15) is 5.56 Å². The zero-order chi connectivity index (χ0) is 20.4. The van der Waals surface area contributed by atoms with Gasteiger partial charge in [-0.2, -0.15) is 0 Å². The second-order valence-corrected chi connectivity index (χ2v) is 7.15. The van der Waals surface area contributed by atoms with Crippen LogP contribution in [0.2, 0.25) is 0 Å². The van der Waals surface area contributed by atoms with Crippen molar-refractivity contribution in [3.05, 3.63) is 50.7 Å². The van der Waals surface area contributed by atoms with Crippen LogP contribution < -0.4 is 21.3 Å². The third-order valence-electron chi connectivity index (χ3n) is 4.42. The van der Waals surface area contributed by atoms with E-state index in [9.17, 15) is 14.4 Å². The number of rotatable bonds is 6. The van der Waals surface area contributed by atoms with Crippen molar-refractivity contribution in [3.63, 3.8) is 0 Å². The lowest BCUT2D eigenvalue weighted by Gasteiger charge is -2.09. The number of methoxy groups -OCH3 is 1. The molecule has 10 heteroatoms. The topological polar surface area (TPSA) is 100 Å². The number of nitrogens with one attached hydrogen (secondary N) is 1. The maximum absolute atomic E-state index is 12.3. The van der Waals surface area contributed by atoms with Crippen LogP contribution in [0, 0.1) is 0 Å². The molecule has 0 atom stereocenters. The Morgan fingerprint density at radius 2 is 1.86 bits per heavy atom. The van der Waals surface area contributed by atoms with E-state index in [0.29, 0.717) is 23.1 Å². The molecular weight excluding hydrogens is 382 g/mol. The van der Waals surface area contributed by atoms with Crippen LogP contribution in [0.15, 0.2) is 39.0 Å². The fourth-order valence-corrected chi connectivity index (χ4v) is 3.71. The molecule has 2 heterocycles. The summed E-state index contributed by atoms with van der Waals surface area (Å²) in [4.78, 5) is 41.0. The number of nitrogens with zero attached hydrogens (tertiary/aromatic N) is 4. The summed E-state index contributed by atoms with van der Waals surface area (Å²) in [6.07, 6.45) is 0. The molecule has 0 radical (unpaired) electrons. The van der Waals surface area contributed by atoms with Crippen molar-refractivity contribution in [3.8, 4) is 5.75 Å². The molecule has 0 bridgehead atoms. The molecule has 3 rings (SSSR count). The SMILES string of the molecule is COc1ccccc1CNC(=O)CSc1nc2c(=O)n(C)c(=O)n(C)c2n1C. The molecular formula is C18H21N5O4S. The van der Waals surface area contributed by atoms with Crippen LogP contribution >= 0.6 is 11.8 Å². The van der Waals surface area contributed by atoms with E-state index >= 15 is 0 Å². The molecule has 0 aliphatic rings. The summed E-state index contributed by atoms with van der Waals surface area (Å²) < 4.78 is 9.31. The van der Waals surface area contributed by atoms with Crippen molar-refractivity contribution in [2.75, 3.05) is 12.9 Å². The van der Waals surface area contributed by atoms with Gasteiger partial charge in [0.15, 0.2) is 16.3 Å². The zero-order valence-corrected chi connectivity index (χ0v) is 16.9. The number of benzene rings is 1. The standard InChI is InChI=1S/C18H21N5O4S/c1-21-15-14(16(25)23(3)18(26)22(15)2)20-17(21)28-10-13(24)19-9-11-7-5-6-8-12(11)27-4/h5-8H,9-10H2,1-4H3,(H,19,24). The van der Waals surface area contributed by atoms with E-state index < -0.39 is 11.2 Å². The Morgan fingerprint density at radius 3 is 2.57 bits per heavy atom. The number of carbonyl (C=O) groups is 1. The first kappa shape index (κ1) is 19.7. The van der Waals surface area contributed by atoms with Gasteiger partial charge in [0.2, 0.25) is 5.91 Å². The fourth-order valence-electron chi connectivity index (χ4n) is 2.91. The number of imidazole rings is 1. The van der Waals surface area contributed by atoms with Crippen molar-refractivity contribution in [2.24, 2.45) is 21.1 Å². The summed E-state index contributed by atoms with van der Waals surface area (Å²) in [5, 5.41) is 3.33. The van der Waals surface area contributed by atoms with Crippen LogP contribution in [0.4, 0.5) is 0 Å². The van der Waals surface area contributed by atoms with Crippen LogP contribution in [0.25, 0.3) is 11.2 Å². The Kier molecular flexibility index (Phi) is 5.59. The third-order valence-corrected chi connectivity index (χ3v) is 5.45. The number of aromatic nitrogens is 4. The Balaban J connectivity index is 1.73. The van der Waals surface area contributed by atoms with Gasteiger partial charge in [-0.3, -0.25) is 18.7 Å². The van der Waals surface area contributed by atoms with Gasteiger partial charge in [-0.15, -0.1) is 0 Å². The van der Waals surface area contributed by atoms with Crippen molar-refractivity contribution >= 4 is 28.8 Å². The van der Waals surface area contributed by atoms with Crippen LogP contribution in [0.5, 0.6) is 5.75 Å². The molecule has 148 valence electrons. The molecule has 0 saturated carbocycles. The summed E-state index contributed by atoms with van der Waals surface area (Å²) >= 11 is 1.20. The second-order valence-electron chi connectivity index (χ2n) is 6.21. The summed E-state index contributed by atoms with van der Waals surface area (Å²) in [5.74, 6) is 0.660. The number of hydrogen-bond acceptors (Lipinski definition) is 6. The summed E-state index contributed by atoms with van der Waals surface area (Å²) in [6, 6.07) is 7.46. The van der Waals surface area contributed by atoms with Gasteiger partial charge >= 0.3 is 5.69 Å². The molecule has 0 saturated heterocycles. The number of ether oxygens (including phenoxy) is 1. The average molecular weight is 403 g/mol. The van der Waals surface area contributed by atoms with E-state index in [1.807, 2.05) is 24.3 Å². The van der Waals surface area contributed by atoms with Crippen LogP contribution in [-0.4, -0.2) is 37.5 Å². The predicted molar refractivity (Wildman–Crippen MR) is 107 cm³/mol. The van der Waals surface area contributed by atoms with Crippen molar-refractivity contribution in [2.45, 2.75) is 11.7 Å². The number of amides is 1. The Hall–Kier alpha value is -3.01. The minimum atomic E-state index is -0.457. The van der Waals surface area contributed by atoms with E-state index in [4.69, 9.17) is 4.74 Å². The number of para-hydroxylation sites is 1. The molecule has 9 nitrogen and oxygen atoms in total. The molecule has 0 aliphatic carbocycles. The Labute approximate surface area is 164 Å². The first-order chi connectivity index (χ1) is 13.3. The Morgan fingerprint density at radius 1 is 1.14 bits per heavy atom. The van der Waals surface area contributed by atoms with E-state index in [1.54, 1.807) is 25.8 Å². The number of fused-ring (bicyclic) bond motifs is 1. The van der Waals surface area contributed by atoms with Gasteiger partial charge in [-0.25, -0.2) is 9.78 Å². The van der Waals surface area contributed by atoms with Gasteiger partial charge in [0, 0.05) is 33.3 Å². The predicted octanol–water partition coefficient (Wildman–Crippen LogP) is 0.388. The summed E-state index contributed by atoms with van der Waals surface area (Å²) in [6.45, 7) is 0.348. The highest BCUT2D eigenvalue weighted by Gasteiger charge is 2.18. The number of aryl methyl sites for hydroxylation is 2. The molecule has 1 N–H and O–H groups in total. The fraction of sp³-hybridized carbons (Fsp3) is 0.333. The average Bonchev–Trinajstić information content (AvgIpc) is 3.04. The zero-order valence-electron chi connectivity index (χ0n) is 16.1. The quantitative estimate of drug-likeness (QED) is 0.598. The van der Waals surface area contributed by atoms with Gasteiger partial charge in [0.05, 0.1) is 12.9 Å². The van der Waals surface area contributed by atoms with Crippen LogP contribution in [-0.2, 0) is 32.5 Å². The number of thioether (sulfide) groups is 1. The highest BCUT2D eigenvalue weighted by molar-refractivity contribution is 7.99. The highest BCUT2D eigenvalue weighted by Crippen LogP contribution is 2.20. The van der Waals surface area contributed by atoms with Gasteiger partial charge in [0.25, 0.3) is 5.56 Å². The largest absolute Gasteiger partial charge is 0.496 e. The molecule has 3 aromatic rings. The lowest BCUT2D eigenvalue weighted by molar-refractivity contribution is -0.118. The molecule has 0 unspecified atom stereocenters. The van der Waals surface area contributed by atoms with Gasteiger partial charge in [-0.1, -0.05) is 30.0 Å². The minimum absolute atomic E-state index is 0.126. The second kappa shape index (κ2) is 7.93. The third kappa shape index (κ3) is 3.55. The minimum Gasteiger partial charge on any atom is -0.496 e. The normalized spacial score (nSPS) is 11.0. The molecule has 0 fully saturated rings. The first-order valence-electron chi connectivity index (χ1n) is 8.49. The molecule has 0 aliphatic heterocycles. The summed E-state index contributed by atoms with van der Waals surface area (Å²) in [5.41, 5.74) is 0.617. The smallest absolute Gasteiger partial charge is 0.332 e. The first-order valence-corrected chi connectivity index (χ1v) is 9.47. The number of carbonyl (C=O) groups excluding carboxylic acids is 1. The number of hydrogen-bond donors (Lipinski definition) is 1. The Bertz CT molecular complexity index is 1160. The van der Waals surface area contributed by atoms with Gasteiger partial charge in [0.1, 0.15) is 5.75 Å². The lowest BCUT2D eigenvalue weighted by atomic mass is 10.2. The highest BCUT2D eigenvalue weighted by atomic mass is 32.2. The van der Waals surface area contributed by atoms with E-state index in [2.05, 4.69) is 10.3 Å². The summed E-state index contributed by atoms with van der Waals surface area (Å²) in [7, 11) is 6.29. The van der Waals surface area contributed by atoms with E-state index in [1.165, 1.54) is 23.4 Å². The van der Waals surface area contributed by atoms with Crippen LogP contribution in [0.3, 0.4) is 0 Å². The van der Waals surface area contributed by atoms with Gasteiger partial charge < -0.3 is 14.6 Å². The molecule has 1 amide bonds. The lowest BCUT2D eigenvalue weighted by Crippen LogP contribution is -2.37. The van der Waals surface area contributed by atoms with Crippen molar-refractivity contribution < 1.29 is 9.53 Å². The maximum Gasteiger partial charge on any atom is 0.332 e. The van der Waals surface area contributed by atoms with Gasteiger partial charge in [-0.05, 0) is 6.07 Å².